The van der Waals surface area contributed by atoms with Gasteiger partial charge in [0.25, 0.3) is 5.92 Å². The second-order valence-electron chi connectivity index (χ2n) is 6.50. The lowest BCUT2D eigenvalue weighted by Gasteiger charge is -2.29. The molecule has 1 aliphatic carbocycles. The fourth-order valence-electron chi connectivity index (χ4n) is 3.42. The van der Waals surface area contributed by atoms with Gasteiger partial charge in [0.15, 0.2) is 0 Å². The molecule has 136 valence electrons. The quantitative estimate of drug-likeness (QED) is 0.682. The zero-order chi connectivity index (χ0) is 18.6. The summed E-state index contributed by atoms with van der Waals surface area (Å²) in [5.41, 5.74) is 2.61. The predicted octanol–water partition coefficient (Wildman–Crippen LogP) is 4.58. The molecule has 0 saturated heterocycles. The molecule has 8 heteroatoms. The smallest absolute Gasteiger partial charge is 0.278 e. The number of nitrogens with one attached hydrogen (secondary N) is 1. The highest BCUT2D eigenvalue weighted by atomic mass is 35.5. The van der Waals surface area contributed by atoms with Crippen molar-refractivity contribution < 1.29 is 18.3 Å². The summed E-state index contributed by atoms with van der Waals surface area (Å²) >= 11 is 5.94. The van der Waals surface area contributed by atoms with E-state index in [0.29, 0.717) is 22.6 Å². The fraction of sp³-hybridized carbons (Fsp3) is 0.278. The van der Waals surface area contributed by atoms with Crippen molar-refractivity contribution in [3.8, 4) is 16.9 Å². The van der Waals surface area contributed by atoms with Gasteiger partial charge in [0.1, 0.15) is 11.9 Å². The lowest BCUT2D eigenvalue weighted by atomic mass is 9.88. The van der Waals surface area contributed by atoms with Crippen LogP contribution in [0.5, 0.6) is 0 Å². The normalized spacial score (nSPS) is 18.8. The summed E-state index contributed by atoms with van der Waals surface area (Å²) in [6.45, 7) is 1.79. The monoisotopic (exact) mass is 381 g/mol. The Morgan fingerprint density at radius 3 is 2.73 bits per heavy atom. The molecule has 26 heavy (non-hydrogen) atoms. The number of nitrogens with zero attached hydrogens (tertiary/aromatic N) is 2. The number of hydrogen-bond acceptors (Lipinski definition) is 2. The maximum Gasteiger partial charge on any atom is 0.278 e. The molecule has 0 fully saturated rings. The summed E-state index contributed by atoms with van der Waals surface area (Å²) in [6.07, 6.45) is -0.816. The molecule has 1 unspecified atom stereocenters. The van der Waals surface area contributed by atoms with Gasteiger partial charge in [-0.1, -0.05) is 11.6 Å². The highest BCUT2D eigenvalue weighted by molar-refractivity contribution is 6.30. The van der Waals surface area contributed by atoms with E-state index in [1.165, 1.54) is 12.1 Å². The molecule has 0 spiro atoms. The van der Waals surface area contributed by atoms with Crippen LogP contribution in [0.15, 0.2) is 30.5 Å². The molecule has 0 bridgehead atoms. The van der Waals surface area contributed by atoms with E-state index >= 15 is 0 Å². The molecule has 1 aliphatic rings. The van der Waals surface area contributed by atoms with Crippen LogP contribution < -0.4 is 0 Å². The van der Waals surface area contributed by atoms with Crippen LogP contribution in [0.4, 0.5) is 13.2 Å². The Balaban J connectivity index is 1.97. The van der Waals surface area contributed by atoms with Crippen LogP contribution in [0.1, 0.15) is 29.5 Å². The van der Waals surface area contributed by atoms with E-state index in [1.807, 2.05) is 0 Å². The zero-order valence-electron chi connectivity index (χ0n) is 13.7. The number of aromatic amines is 1. The van der Waals surface area contributed by atoms with Gasteiger partial charge in [0.2, 0.25) is 0 Å². The summed E-state index contributed by atoms with van der Waals surface area (Å²) in [4.78, 5) is 0. The van der Waals surface area contributed by atoms with Gasteiger partial charge in [-0.2, -0.15) is 5.10 Å². The molecular formula is C18H15ClF3N3O. The van der Waals surface area contributed by atoms with E-state index in [9.17, 15) is 18.3 Å². The third kappa shape index (κ3) is 2.71. The maximum atomic E-state index is 14.1. The van der Waals surface area contributed by atoms with Crippen LogP contribution in [0.3, 0.4) is 0 Å². The Kier molecular flexibility index (Phi) is 3.89. The Hall–Kier alpha value is -2.25. The first-order chi connectivity index (χ1) is 12.3. The van der Waals surface area contributed by atoms with Crippen molar-refractivity contribution in [2.75, 3.05) is 0 Å². The molecular weight excluding hydrogens is 367 g/mol. The number of rotatable bonds is 2. The first-order valence-electron chi connectivity index (χ1n) is 8.05. The largest absolute Gasteiger partial charge is 0.382 e. The van der Waals surface area contributed by atoms with Gasteiger partial charge in [0, 0.05) is 45.8 Å². The summed E-state index contributed by atoms with van der Waals surface area (Å²) < 4.78 is 43.7. The third-order valence-electron chi connectivity index (χ3n) is 4.63. The average molecular weight is 382 g/mol. The van der Waals surface area contributed by atoms with E-state index in [1.54, 1.807) is 29.8 Å². The average Bonchev–Trinajstić information content (AvgIpc) is 3.14. The number of fused-ring (bicyclic) bond motifs is 1. The number of alkyl halides is 2. The molecule has 0 amide bonds. The van der Waals surface area contributed by atoms with Gasteiger partial charge in [-0.15, -0.1) is 0 Å². The van der Waals surface area contributed by atoms with E-state index in [4.69, 9.17) is 11.6 Å². The van der Waals surface area contributed by atoms with Gasteiger partial charge in [-0.25, -0.2) is 13.2 Å². The maximum absolute atomic E-state index is 14.1. The van der Waals surface area contributed by atoms with Crippen LogP contribution in [-0.2, 0) is 6.42 Å². The number of hydrogen-bond donors (Lipinski definition) is 2. The minimum absolute atomic E-state index is 0.0386. The van der Waals surface area contributed by atoms with Crippen LogP contribution in [0, 0.1) is 12.7 Å². The zero-order valence-corrected chi connectivity index (χ0v) is 14.5. The molecule has 1 atom stereocenters. The minimum atomic E-state index is -3.24. The lowest BCUT2D eigenvalue weighted by Crippen LogP contribution is -2.32. The first-order valence-corrected chi connectivity index (χ1v) is 8.43. The van der Waals surface area contributed by atoms with E-state index in [-0.39, 0.29) is 17.0 Å². The topological polar surface area (TPSA) is 53.8 Å². The molecule has 2 aromatic heterocycles. The summed E-state index contributed by atoms with van der Waals surface area (Å²) in [7, 11) is 0. The fourth-order valence-corrected chi connectivity index (χ4v) is 3.64. The van der Waals surface area contributed by atoms with Crippen molar-refractivity contribution in [1.82, 2.24) is 14.8 Å². The molecule has 0 radical (unpaired) electrons. The van der Waals surface area contributed by atoms with Crippen molar-refractivity contribution in [2.45, 2.75) is 31.8 Å². The van der Waals surface area contributed by atoms with E-state index in [2.05, 4.69) is 10.2 Å². The Labute approximate surface area is 152 Å². The second kappa shape index (κ2) is 5.89. The predicted molar refractivity (Wildman–Crippen MR) is 91.3 cm³/mol. The van der Waals surface area contributed by atoms with Crippen molar-refractivity contribution in [1.29, 1.82) is 0 Å². The number of aliphatic hydroxyl groups is 1. The number of aromatic nitrogens is 3. The molecule has 2 heterocycles. The van der Waals surface area contributed by atoms with Gasteiger partial charge >= 0.3 is 0 Å². The summed E-state index contributed by atoms with van der Waals surface area (Å²) in [6, 6.07) is 5.69. The number of aliphatic hydroxyl groups excluding tert-OH is 1. The molecule has 3 aromatic rings. The number of H-pyrrole nitrogens is 1. The van der Waals surface area contributed by atoms with Crippen LogP contribution in [0.25, 0.3) is 16.9 Å². The van der Waals surface area contributed by atoms with Gasteiger partial charge in [-0.05, 0) is 37.6 Å². The van der Waals surface area contributed by atoms with Crippen molar-refractivity contribution in [2.24, 2.45) is 0 Å². The van der Waals surface area contributed by atoms with Crippen molar-refractivity contribution in [3.05, 3.63) is 58.3 Å². The summed E-state index contributed by atoms with van der Waals surface area (Å²) in [5, 5.41) is 17.4. The van der Waals surface area contributed by atoms with Gasteiger partial charge < -0.3 is 9.67 Å². The molecule has 2 N–H and O–H groups in total. The third-order valence-corrected chi connectivity index (χ3v) is 4.84. The highest BCUT2D eigenvalue weighted by Crippen LogP contribution is 2.46. The standard InChI is InChI=1S/C18H15ClF3N3O/c1-9-4-14(24-23-9)13-8-25(12-6-10(19)5-11(20)7-12)15-2-3-18(21,22)17(26)16(13)15/h4-8,17,26H,2-3H2,1H3,(H,23,24). The molecule has 0 aliphatic heterocycles. The van der Waals surface area contributed by atoms with Crippen molar-refractivity contribution in [3.63, 3.8) is 0 Å². The molecule has 4 nitrogen and oxygen atoms in total. The first kappa shape index (κ1) is 17.2. The molecule has 1 aromatic carbocycles. The number of benzene rings is 1. The minimum Gasteiger partial charge on any atom is -0.382 e. The molecule has 4 rings (SSSR count). The Bertz CT molecular complexity index is 975. The Morgan fingerprint density at radius 2 is 2.08 bits per heavy atom. The van der Waals surface area contributed by atoms with Crippen LogP contribution in [-0.4, -0.2) is 25.8 Å². The SMILES string of the molecule is Cc1cc(-c2cn(-c3cc(F)cc(Cl)c3)c3c2C(O)C(F)(F)CC3)n[nH]1. The van der Waals surface area contributed by atoms with E-state index < -0.39 is 24.3 Å². The highest BCUT2D eigenvalue weighted by Gasteiger charge is 2.46. The lowest BCUT2D eigenvalue weighted by molar-refractivity contribution is -0.121. The number of aryl methyl sites for hydroxylation is 1. The second-order valence-corrected chi connectivity index (χ2v) is 6.94. The van der Waals surface area contributed by atoms with Gasteiger partial charge in [-0.3, -0.25) is 5.10 Å². The Morgan fingerprint density at radius 1 is 1.31 bits per heavy atom. The number of halogens is 4. The summed E-state index contributed by atoms with van der Waals surface area (Å²) in [5.74, 6) is -3.77. The van der Waals surface area contributed by atoms with Crippen LogP contribution in [0.2, 0.25) is 5.02 Å². The van der Waals surface area contributed by atoms with Crippen molar-refractivity contribution >= 4 is 11.6 Å². The van der Waals surface area contributed by atoms with Crippen LogP contribution >= 0.6 is 11.6 Å². The van der Waals surface area contributed by atoms with Gasteiger partial charge in [0.05, 0.1) is 5.69 Å². The molecule has 0 saturated carbocycles. The van der Waals surface area contributed by atoms with E-state index in [0.717, 1.165) is 5.69 Å².